The molecule has 2 aliphatic carbocycles. The summed E-state index contributed by atoms with van der Waals surface area (Å²) < 4.78 is 6.25. The second-order valence-corrected chi connectivity index (χ2v) is 9.17. The second kappa shape index (κ2) is 7.05. The van der Waals surface area contributed by atoms with E-state index >= 15 is 0 Å². The van der Waals surface area contributed by atoms with Gasteiger partial charge in [0.1, 0.15) is 6.23 Å². The molecular formula is C22H33N3O. The van der Waals surface area contributed by atoms with Crippen molar-refractivity contribution in [2.45, 2.75) is 82.1 Å². The SMILES string of the molecule is Nc1ccccc1N[C@@H]1C[C@@H]2CO[C@H](C1)N2C1CC2CCCCC(C2)C1. The summed E-state index contributed by atoms with van der Waals surface area (Å²) in [6.45, 7) is 0.916. The molecule has 1 aromatic carbocycles. The minimum absolute atomic E-state index is 0.307. The molecule has 0 spiro atoms. The fraction of sp³-hybridized carbons (Fsp3) is 0.727. The molecule has 0 aromatic heterocycles. The molecule has 4 bridgehead atoms. The summed E-state index contributed by atoms with van der Waals surface area (Å²) in [6, 6.07) is 9.95. The molecule has 4 aliphatic rings. The van der Waals surface area contributed by atoms with Gasteiger partial charge in [0.05, 0.1) is 18.0 Å². The Balaban J connectivity index is 1.27. The first-order valence-corrected chi connectivity index (χ1v) is 10.8. The van der Waals surface area contributed by atoms with Gasteiger partial charge in [-0.25, -0.2) is 0 Å². The van der Waals surface area contributed by atoms with Crippen LogP contribution in [0, 0.1) is 11.8 Å². The number of ether oxygens (including phenoxy) is 1. The van der Waals surface area contributed by atoms with Crippen LogP contribution in [0.2, 0.25) is 0 Å². The third-order valence-corrected chi connectivity index (χ3v) is 7.37. The lowest BCUT2D eigenvalue weighted by molar-refractivity contribution is -0.0381. The number of nitrogens with zero attached hydrogens (tertiary/aromatic N) is 1. The van der Waals surface area contributed by atoms with Gasteiger partial charge in [0.15, 0.2) is 0 Å². The van der Waals surface area contributed by atoms with Crippen molar-refractivity contribution in [2.24, 2.45) is 11.8 Å². The van der Waals surface area contributed by atoms with E-state index in [9.17, 15) is 0 Å². The summed E-state index contributed by atoms with van der Waals surface area (Å²) in [4.78, 5) is 2.79. The van der Waals surface area contributed by atoms with Gasteiger partial charge < -0.3 is 15.8 Å². The van der Waals surface area contributed by atoms with E-state index in [1.165, 1.54) is 51.4 Å². The molecule has 2 aliphatic heterocycles. The highest BCUT2D eigenvalue weighted by Gasteiger charge is 2.47. The molecule has 4 heteroatoms. The van der Waals surface area contributed by atoms with Crippen molar-refractivity contribution in [1.82, 2.24) is 4.90 Å². The van der Waals surface area contributed by atoms with Gasteiger partial charge in [0.2, 0.25) is 0 Å². The number of nitrogen functional groups attached to an aromatic ring is 1. The summed E-state index contributed by atoms with van der Waals surface area (Å²) in [5.41, 5.74) is 8.05. The van der Waals surface area contributed by atoms with Gasteiger partial charge in [-0.1, -0.05) is 37.8 Å². The van der Waals surface area contributed by atoms with E-state index in [-0.39, 0.29) is 0 Å². The molecule has 5 atom stereocenters. The van der Waals surface area contributed by atoms with Crippen LogP contribution in [-0.4, -0.2) is 35.9 Å². The zero-order chi connectivity index (χ0) is 17.5. The molecule has 2 unspecified atom stereocenters. The van der Waals surface area contributed by atoms with Gasteiger partial charge >= 0.3 is 0 Å². The van der Waals surface area contributed by atoms with Crippen molar-refractivity contribution in [3.63, 3.8) is 0 Å². The van der Waals surface area contributed by atoms with Crippen molar-refractivity contribution in [1.29, 1.82) is 0 Å². The molecule has 2 heterocycles. The molecule has 0 amide bonds. The van der Waals surface area contributed by atoms with Crippen LogP contribution < -0.4 is 11.1 Å². The Morgan fingerprint density at radius 3 is 2.42 bits per heavy atom. The van der Waals surface area contributed by atoms with E-state index in [1.54, 1.807) is 0 Å². The third kappa shape index (κ3) is 3.22. The number of nitrogens with two attached hydrogens (primary N) is 1. The van der Waals surface area contributed by atoms with E-state index in [0.717, 1.165) is 42.3 Å². The zero-order valence-electron chi connectivity index (χ0n) is 15.8. The minimum atomic E-state index is 0.307. The molecule has 2 saturated carbocycles. The number of fused-ring (bicyclic) bond motifs is 4. The van der Waals surface area contributed by atoms with Gasteiger partial charge in [0.25, 0.3) is 0 Å². The number of piperidine rings is 1. The van der Waals surface area contributed by atoms with E-state index in [2.05, 4.69) is 22.3 Å². The maximum atomic E-state index is 6.25. The summed E-state index contributed by atoms with van der Waals surface area (Å²) in [5, 5.41) is 3.69. The molecule has 5 rings (SSSR count). The highest BCUT2D eigenvalue weighted by molar-refractivity contribution is 5.66. The number of para-hydroxylation sites is 2. The number of benzene rings is 1. The van der Waals surface area contributed by atoms with E-state index < -0.39 is 0 Å². The lowest BCUT2D eigenvalue weighted by Gasteiger charge is -2.46. The van der Waals surface area contributed by atoms with Crippen LogP contribution in [0.5, 0.6) is 0 Å². The number of rotatable bonds is 3. The summed E-state index contributed by atoms with van der Waals surface area (Å²) in [5.74, 6) is 1.95. The van der Waals surface area contributed by atoms with Crippen molar-refractivity contribution < 1.29 is 4.74 Å². The average Bonchev–Trinajstić information content (AvgIpc) is 2.80. The molecule has 0 radical (unpaired) electrons. The molecule has 1 aromatic rings. The van der Waals surface area contributed by atoms with Gasteiger partial charge in [-0.05, 0) is 49.7 Å². The van der Waals surface area contributed by atoms with Gasteiger partial charge in [-0.15, -0.1) is 0 Å². The zero-order valence-corrected chi connectivity index (χ0v) is 15.8. The first-order chi connectivity index (χ1) is 12.8. The number of hydrogen-bond donors (Lipinski definition) is 2. The number of hydrogen-bond acceptors (Lipinski definition) is 4. The molecule has 3 N–H and O–H groups in total. The van der Waals surface area contributed by atoms with Crippen molar-refractivity contribution >= 4 is 11.4 Å². The van der Waals surface area contributed by atoms with Crippen LogP contribution in [0.15, 0.2) is 24.3 Å². The molecule has 142 valence electrons. The lowest BCUT2D eigenvalue weighted by Crippen LogP contribution is -2.54. The summed E-state index contributed by atoms with van der Waals surface area (Å²) >= 11 is 0. The van der Waals surface area contributed by atoms with E-state index in [4.69, 9.17) is 10.5 Å². The molecule has 4 nitrogen and oxygen atoms in total. The van der Waals surface area contributed by atoms with Crippen LogP contribution in [0.4, 0.5) is 11.4 Å². The minimum Gasteiger partial charge on any atom is -0.397 e. The van der Waals surface area contributed by atoms with Gasteiger partial charge in [-0.3, -0.25) is 4.90 Å². The second-order valence-electron chi connectivity index (χ2n) is 9.17. The number of nitrogens with one attached hydrogen (secondary N) is 1. The largest absolute Gasteiger partial charge is 0.397 e. The maximum absolute atomic E-state index is 6.25. The Labute approximate surface area is 157 Å². The van der Waals surface area contributed by atoms with Crippen LogP contribution in [0.1, 0.15) is 57.8 Å². The predicted molar refractivity (Wildman–Crippen MR) is 106 cm³/mol. The van der Waals surface area contributed by atoms with E-state index in [1.807, 2.05) is 12.1 Å². The van der Waals surface area contributed by atoms with Crippen LogP contribution in [0.3, 0.4) is 0 Å². The third-order valence-electron chi connectivity index (χ3n) is 7.37. The van der Waals surface area contributed by atoms with Crippen LogP contribution >= 0.6 is 0 Å². The van der Waals surface area contributed by atoms with Crippen LogP contribution in [-0.2, 0) is 4.74 Å². The highest BCUT2D eigenvalue weighted by Crippen LogP contribution is 2.44. The first-order valence-electron chi connectivity index (χ1n) is 10.8. The monoisotopic (exact) mass is 355 g/mol. The lowest BCUT2D eigenvalue weighted by atomic mass is 9.76. The van der Waals surface area contributed by atoms with Crippen molar-refractivity contribution in [3.05, 3.63) is 24.3 Å². The summed E-state index contributed by atoms with van der Waals surface area (Å²) in [7, 11) is 0. The Morgan fingerprint density at radius 1 is 0.923 bits per heavy atom. The maximum Gasteiger partial charge on any atom is 0.113 e. The Hall–Kier alpha value is -1.26. The first kappa shape index (κ1) is 16.9. The normalized spacial score (nSPS) is 40.2. The summed E-state index contributed by atoms with van der Waals surface area (Å²) in [6.07, 6.45) is 12.7. The number of anilines is 2. The van der Waals surface area contributed by atoms with E-state index in [0.29, 0.717) is 18.3 Å². The average molecular weight is 356 g/mol. The Kier molecular flexibility index (Phi) is 4.57. The van der Waals surface area contributed by atoms with Gasteiger partial charge in [0, 0.05) is 24.5 Å². The topological polar surface area (TPSA) is 50.5 Å². The predicted octanol–water partition coefficient (Wildman–Crippen LogP) is 4.23. The quantitative estimate of drug-likeness (QED) is 0.797. The Morgan fingerprint density at radius 2 is 1.69 bits per heavy atom. The fourth-order valence-corrected chi connectivity index (χ4v) is 6.29. The van der Waals surface area contributed by atoms with Gasteiger partial charge in [-0.2, -0.15) is 0 Å². The van der Waals surface area contributed by atoms with Crippen molar-refractivity contribution in [3.8, 4) is 0 Å². The molecule has 2 saturated heterocycles. The van der Waals surface area contributed by atoms with Crippen molar-refractivity contribution in [2.75, 3.05) is 17.7 Å². The molecule has 4 fully saturated rings. The molecular weight excluding hydrogens is 322 g/mol. The Bertz CT molecular complexity index is 608. The van der Waals surface area contributed by atoms with Crippen LogP contribution in [0.25, 0.3) is 0 Å². The smallest absolute Gasteiger partial charge is 0.113 e. The molecule has 26 heavy (non-hydrogen) atoms. The highest BCUT2D eigenvalue weighted by atomic mass is 16.5. The fourth-order valence-electron chi connectivity index (χ4n) is 6.29. The standard InChI is InChI=1S/C22H33N3O/c23-20-7-3-4-8-21(20)24-17-12-19-14-26-22(13-17)25(19)18-10-15-5-1-2-6-16(9-15)11-18/h3-4,7-8,15-19,22,24H,1-2,5-6,9-14,23H2/t15?,16?,17-,18?,19-,22-/m1/s1.